The van der Waals surface area contributed by atoms with Crippen molar-refractivity contribution in [2.45, 2.75) is 0 Å². The molecule has 0 unspecified atom stereocenters. The van der Waals surface area contributed by atoms with Gasteiger partial charge in [-0.05, 0) is 12.1 Å². The van der Waals surface area contributed by atoms with Gasteiger partial charge in [0, 0.05) is 11.1 Å². The summed E-state index contributed by atoms with van der Waals surface area (Å²) in [4.78, 5) is 15.2. The maximum absolute atomic E-state index is 10.7. The molecule has 0 saturated carbocycles. The fourth-order valence-electron chi connectivity index (χ4n) is 1.88. The molecule has 2 nitrogen and oxygen atoms in total. The molecule has 15 heavy (non-hydrogen) atoms. The molecule has 0 amide bonds. The summed E-state index contributed by atoms with van der Waals surface area (Å²) >= 11 is 0. The van der Waals surface area contributed by atoms with Crippen LogP contribution in [-0.2, 0) is 4.79 Å². The Hall–Kier alpha value is -2.18. The first kappa shape index (κ1) is 8.16. The molecule has 0 atom stereocenters. The molecule has 0 fully saturated rings. The molecule has 2 aromatic rings. The minimum atomic E-state index is 0.531. The van der Waals surface area contributed by atoms with Crippen LogP contribution in [0, 0.1) is 0 Å². The molecular weight excluding hydrogens is 186 g/mol. The maximum atomic E-state index is 10.7. The number of para-hydroxylation sites is 2. The number of nitrogens with zero attached hydrogens (tertiary/aromatic N) is 1. The second-order valence-electron chi connectivity index (χ2n) is 3.43. The molecular formula is C13H7NO. The normalized spacial score (nSPS) is 11.2. The van der Waals surface area contributed by atoms with Crippen molar-refractivity contribution in [3.63, 3.8) is 0 Å². The van der Waals surface area contributed by atoms with Gasteiger partial charge in [-0.3, -0.25) is 0 Å². The Balaban J connectivity index is 2.53. The molecule has 0 saturated heterocycles. The third-order valence-corrected chi connectivity index (χ3v) is 2.57. The number of carbonyl (C=O) groups excluding carboxylic acids is 1. The summed E-state index contributed by atoms with van der Waals surface area (Å²) in [6, 6.07) is 13.5. The van der Waals surface area contributed by atoms with Crippen LogP contribution in [0.1, 0.15) is 0 Å². The average Bonchev–Trinajstić information content (AvgIpc) is 2.67. The highest BCUT2D eigenvalue weighted by atomic mass is 16.1. The van der Waals surface area contributed by atoms with Crippen molar-refractivity contribution in [1.82, 2.24) is 0 Å². The van der Waals surface area contributed by atoms with Crippen molar-refractivity contribution in [2.75, 3.05) is 0 Å². The quantitative estimate of drug-likeness (QED) is 0.526. The Labute approximate surface area is 86.2 Å². The molecule has 3 rings (SSSR count). The lowest BCUT2D eigenvalue weighted by atomic mass is 10.1. The van der Waals surface area contributed by atoms with E-state index in [0.29, 0.717) is 5.22 Å². The largest absolute Gasteiger partial charge is 0.246 e. The fraction of sp³-hybridized carbons (Fsp3) is 0. The highest BCUT2D eigenvalue weighted by Gasteiger charge is 2.12. The summed E-state index contributed by atoms with van der Waals surface area (Å²) in [5.74, 6) is 1.92. The van der Waals surface area contributed by atoms with Gasteiger partial charge in [-0.25, -0.2) is 9.79 Å². The molecule has 1 aliphatic rings. The van der Waals surface area contributed by atoms with E-state index >= 15 is 0 Å². The lowest BCUT2D eigenvalue weighted by Crippen LogP contribution is -2.25. The van der Waals surface area contributed by atoms with Gasteiger partial charge in [0.1, 0.15) is 5.94 Å². The molecule has 2 aromatic carbocycles. The number of hydrogen-bond donors (Lipinski definition) is 0. The highest BCUT2D eigenvalue weighted by molar-refractivity contribution is 5.79. The predicted octanol–water partition coefficient (Wildman–Crippen LogP) is 1.12. The first-order valence-corrected chi connectivity index (χ1v) is 4.72. The third kappa shape index (κ3) is 1.06. The number of benzene rings is 2. The maximum Gasteiger partial charge on any atom is 0.134 e. The minimum Gasteiger partial charge on any atom is -0.246 e. The van der Waals surface area contributed by atoms with Crippen LogP contribution in [-0.4, -0.2) is 5.94 Å². The molecule has 2 heteroatoms. The molecule has 70 valence electrons. The van der Waals surface area contributed by atoms with Crippen molar-refractivity contribution in [3.05, 3.63) is 53.0 Å². The van der Waals surface area contributed by atoms with Gasteiger partial charge >= 0.3 is 0 Å². The molecule has 0 spiro atoms. The summed E-state index contributed by atoms with van der Waals surface area (Å²) < 4.78 is 0. The smallest absolute Gasteiger partial charge is 0.134 e. The summed E-state index contributed by atoms with van der Waals surface area (Å²) in [6.07, 6.45) is 0. The van der Waals surface area contributed by atoms with Crippen molar-refractivity contribution in [2.24, 2.45) is 4.99 Å². The van der Waals surface area contributed by atoms with E-state index < -0.39 is 0 Å². The van der Waals surface area contributed by atoms with Gasteiger partial charge in [0.15, 0.2) is 0 Å². The van der Waals surface area contributed by atoms with E-state index in [2.05, 4.69) is 4.99 Å². The zero-order valence-electron chi connectivity index (χ0n) is 7.90. The first-order chi connectivity index (χ1) is 7.40. The van der Waals surface area contributed by atoms with Crippen LogP contribution in [0.5, 0.6) is 0 Å². The van der Waals surface area contributed by atoms with Crippen molar-refractivity contribution in [1.29, 1.82) is 0 Å². The number of hydrogen-bond acceptors (Lipinski definition) is 2. The molecule has 1 heterocycles. The SMILES string of the molecule is O=C=c1cccc2c1=Nc1ccccc1-2. The molecule has 0 bridgehead atoms. The second-order valence-corrected chi connectivity index (χ2v) is 3.43. The van der Waals surface area contributed by atoms with Crippen LogP contribution in [0.25, 0.3) is 11.1 Å². The van der Waals surface area contributed by atoms with Gasteiger partial charge < -0.3 is 0 Å². The van der Waals surface area contributed by atoms with Crippen LogP contribution in [0.2, 0.25) is 0 Å². The standard InChI is InChI=1S/C13H7NO/c15-8-9-4-3-6-11-10-5-1-2-7-12(10)14-13(9)11/h1-7H. The molecule has 0 aromatic heterocycles. The number of rotatable bonds is 0. The van der Waals surface area contributed by atoms with Gasteiger partial charge in [-0.1, -0.05) is 30.3 Å². The van der Waals surface area contributed by atoms with E-state index in [1.807, 2.05) is 42.3 Å². The third-order valence-electron chi connectivity index (χ3n) is 2.57. The summed E-state index contributed by atoms with van der Waals surface area (Å²) in [6.45, 7) is 0. The summed E-state index contributed by atoms with van der Waals surface area (Å²) in [5.41, 5.74) is 3.03. The Bertz CT molecular complexity index is 682. The van der Waals surface area contributed by atoms with Gasteiger partial charge in [-0.2, -0.15) is 0 Å². The van der Waals surface area contributed by atoms with Crippen LogP contribution < -0.4 is 10.6 Å². The van der Waals surface area contributed by atoms with E-state index in [9.17, 15) is 4.79 Å². The Morgan fingerprint density at radius 1 is 0.933 bits per heavy atom. The van der Waals surface area contributed by atoms with E-state index in [4.69, 9.17) is 0 Å². The van der Waals surface area contributed by atoms with Crippen molar-refractivity contribution in [3.8, 4) is 11.1 Å². The minimum absolute atomic E-state index is 0.531. The Morgan fingerprint density at radius 3 is 2.60 bits per heavy atom. The van der Waals surface area contributed by atoms with Gasteiger partial charge in [0.2, 0.25) is 0 Å². The molecule has 1 aliphatic heterocycles. The zero-order chi connectivity index (χ0) is 10.3. The summed E-state index contributed by atoms with van der Waals surface area (Å²) in [7, 11) is 0. The lowest BCUT2D eigenvalue weighted by molar-refractivity contribution is 0.567. The van der Waals surface area contributed by atoms with Gasteiger partial charge in [0.25, 0.3) is 0 Å². The zero-order valence-corrected chi connectivity index (χ0v) is 7.90. The van der Waals surface area contributed by atoms with E-state index in [1.165, 1.54) is 0 Å². The average molecular weight is 193 g/mol. The monoisotopic (exact) mass is 193 g/mol. The van der Waals surface area contributed by atoms with Crippen molar-refractivity contribution < 1.29 is 4.79 Å². The van der Waals surface area contributed by atoms with Crippen LogP contribution in [0.4, 0.5) is 5.69 Å². The molecule has 0 aliphatic carbocycles. The summed E-state index contributed by atoms with van der Waals surface area (Å²) in [5, 5.41) is 1.28. The molecule has 0 N–H and O–H groups in total. The van der Waals surface area contributed by atoms with E-state index in [1.54, 1.807) is 6.07 Å². The highest BCUT2D eigenvalue weighted by Crippen LogP contribution is 2.30. The second kappa shape index (κ2) is 2.91. The van der Waals surface area contributed by atoms with E-state index in [-0.39, 0.29) is 0 Å². The van der Waals surface area contributed by atoms with Crippen LogP contribution in [0.15, 0.2) is 47.5 Å². The topological polar surface area (TPSA) is 29.4 Å². The van der Waals surface area contributed by atoms with Crippen LogP contribution >= 0.6 is 0 Å². The van der Waals surface area contributed by atoms with Crippen LogP contribution in [0.3, 0.4) is 0 Å². The van der Waals surface area contributed by atoms with Crippen molar-refractivity contribution >= 4 is 11.6 Å². The first-order valence-electron chi connectivity index (χ1n) is 4.72. The van der Waals surface area contributed by atoms with E-state index in [0.717, 1.165) is 22.2 Å². The Morgan fingerprint density at radius 2 is 1.73 bits per heavy atom. The predicted molar refractivity (Wildman–Crippen MR) is 57.1 cm³/mol. The number of fused-ring (bicyclic) bond motifs is 3. The fourth-order valence-corrected chi connectivity index (χ4v) is 1.88. The Kier molecular flexibility index (Phi) is 1.58. The molecule has 0 radical (unpaired) electrons. The van der Waals surface area contributed by atoms with Gasteiger partial charge in [-0.15, -0.1) is 0 Å². The lowest BCUT2D eigenvalue weighted by Gasteiger charge is -1.96. The van der Waals surface area contributed by atoms with Gasteiger partial charge in [0.05, 0.1) is 16.3 Å².